The van der Waals surface area contributed by atoms with Crippen molar-refractivity contribution < 1.29 is 9.47 Å². The number of nitrogens with zero attached hydrogens (tertiary/aromatic N) is 4. The fourth-order valence-corrected chi connectivity index (χ4v) is 3.62. The van der Waals surface area contributed by atoms with E-state index in [2.05, 4.69) is 39.2 Å². The Morgan fingerprint density at radius 2 is 1.84 bits per heavy atom. The molecule has 0 unspecified atom stereocenters. The summed E-state index contributed by atoms with van der Waals surface area (Å²) in [4.78, 5) is 14.0. The summed E-state index contributed by atoms with van der Waals surface area (Å²) in [6, 6.07) is 12.2. The maximum absolute atomic E-state index is 5.40. The van der Waals surface area contributed by atoms with Gasteiger partial charge in [0.25, 0.3) is 0 Å². The number of guanidine groups is 1. The number of anilines is 1. The Morgan fingerprint density at radius 3 is 2.48 bits per heavy atom. The lowest BCUT2D eigenvalue weighted by atomic mass is 10.1. The SMILES string of the molecule is CCNC(=NCCCc1ccc(OC)c(OC)c1)N1CCN(c2ccccn2)CC1.I. The van der Waals surface area contributed by atoms with Crippen LogP contribution >= 0.6 is 24.0 Å². The lowest BCUT2D eigenvalue weighted by molar-refractivity contribution is 0.354. The number of aryl methyl sites for hydroxylation is 1. The molecule has 2 aromatic rings. The molecular weight excluding hydrogens is 505 g/mol. The van der Waals surface area contributed by atoms with Gasteiger partial charge in [-0.25, -0.2) is 4.98 Å². The van der Waals surface area contributed by atoms with Crippen molar-refractivity contribution in [2.45, 2.75) is 19.8 Å². The lowest BCUT2D eigenvalue weighted by Crippen LogP contribution is -2.52. The van der Waals surface area contributed by atoms with Gasteiger partial charge >= 0.3 is 0 Å². The van der Waals surface area contributed by atoms with E-state index >= 15 is 0 Å². The van der Waals surface area contributed by atoms with E-state index in [-0.39, 0.29) is 24.0 Å². The van der Waals surface area contributed by atoms with Gasteiger partial charge in [-0.15, -0.1) is 24.0 Å². The number of hydrogen-bond acceptors (Lipinski definition) is 5. The van der Waals surface area contributed by atoms with E-state index in [0.29, 0.717) is 0 Å². The molecule has 3 rings (SSSR count). The van der Waals surface area contributed by atoms with Crippen LogP contribution in [0, 0.1) is 0 Å². The second-order valence-corrected chi connectivity index (χ2v) is 7.19. The fraction of sp³-hybridized carbons (Fsp3) is 0.478. The molecular formula is C23H34IN5O2. The molecule has 2 heterocycles. The van der Waals surface area contributed by atoms with Crippen LogP contribution < -0.4 is 19.7 Å². The van der Waals surface area contributed by atoms with Gasteiger partial charge in [-0.3, -0.25) is 4.99 Å². The first-order valence-corrected chi connectivity index (χ1v) is 10.6. The zero-order valence-electron chi connectivity index (χ0n) is 18.7. The summed E-state index contributed by atoms with van der Waals surface area (Å²) in [6.45, 7) is 7.56. The fourth-order valence-electron chi connectivity index (χ4n) is 3.62. The summed E-state index contributed by atoms with van der Waals surface area (Å²) in [5, 5.41) is 3.44. The minimum Gasteiger partial charge on any atom is -0.493 e. The van der Waals surface area contributed by atoms with Crippen LogP contribution in [-0.4, -0.2) is 69.3 Å². The second kappa shape index (κ2) is 13.2. The van der Waals surface area contributed by atoms with Crippen molar-refractivity contribution in [3.8, 4) is 11.5 Å². The van der Waals surface area contributed by atoms with Gasteiger partial charge in [0.1, 0.15) is 5.82 Å². The minimum atomic E-state index is 0. The molecule has 1 aliphatic heterocycles. The monoisotopic (exact) mass is 539 g/mol. The number of rotatable bonds is 8. The summed E-state index contributed by atoms with van der Waals surface area (Å²) in [7, 11) is 3.33. The van der Waals surface area contributed by atoms with Gasteiger partial charge in [0.15, 0.2) is 17.5 Å². The number of benzene rings is 1. The Kier molecular flexibility index (Phi) is 10.7. The Morgan fingerprint density at radius 1 is 1.06 bits per heavy atom. The largest absolute Gasteiger partial charge is 0.493 e. The number of halogens is 1. The number of aliphatic imine (C=N–C) groups is 1. The number of ether oxygens (including phenoxy) is 2. The number of aromatic nitrogens is 1. The lowest BCUT2D eigenvalue weighted by Gasteiger charge is -2.37. The van der Waals surface area contributed by atoms with Crippen LogP contribution in [0.1, 0.15) is 18.9 Å². The summed E-state index contributed by atoms with van der Waals surface area (Å²) < 4.78 is 10.7. The van der Waals surface area contributed by atoms with Gasteiger partial charge in [-0.1, -0.05) is 12.1 Å². The van der Waals surface area contributed by atoms with Crippen LogP contribution in [0.3, 0.4) is 0 Å². The van der Waals surface area contributed by atoms with Crippen molar-refractivity contribution in [2.24, 2.45) is 4.99 Å². The third-order valence-corrected chi connectivity index (χ3v) is 5.22. The topological polar surface area (TPSA) is 62.2 Å². The van der Waals surface area contributed by atoms with Crippen LogP contribution in [0.2, 0.25) is 0 Å². The van der Waals surface area contributed by atoms with Crippen molar-refractivity contribution >= 4 is 35.8 Å². The highest BCUT2D eigenvalue weighted by atomic mass is 127. The molecule has 0 radical (unpaired) electrons. The van der Waals surface area contributed by atoms with E-state index < -0.39 is 0 Å². The minimum absolute atomic E-state index is 0. The van der Waals surface area contributed by atoms with Crippen molar-refractivity contribution in [1.29, 1.82) is 0 Å². The van der Waals surface area contributed by atoms with Crippen molar-refractivity contribution in [1.82, 2.24) is 15.2 Å². The predicted molar refractivity (Wildman–Crippen MR) is 137 cm³/mol. The molecule has 1 fully saturated rings. The molecule has 1 aromatic carbocycles. The third kappa shape index (κ3) is 7.15. The Hall–Kier alpha value is -2.23. The van der Waals surface area contributed by atoms with E-state index in [0.717, 1.165) is 75.4 Å². The zero-order chi connectivity index (χ0) is 21.2. The van der Waals surface area contributed by atoms with E-state index in [9.17, 15) is 0 Å². The number of methoxy groups -OCH3 is 2. The molecule has 7 nitrogen and oxygen atoms in total. The quantitative estimate of drug-likeness (QED) is 0.240. The number of nitrogens with one attached hydrogen (secondary N) is 1. The number of hydrogen-bond donors (Lipinski definition) is 1. The molecule has 0 bridgehead atoms. The first-order chi connectivity index (χ1) is 14.7. The van der Waals surface area contributed by atoms with E-state index in [4.69, 9.17) is 14.5 Å². The van der Waals surface area contributed by atoms with Crippen molar-refractivity contribution in [3.05, 3.63) is 48.2 Å². The van der Waals surface area contributed by atoms with Crippen LogP contribution in [0.5, 0.6) is 11.5 Å². The standard InChI is InChI=1S/C23H33N5O2.HI/c1-4-24-23(28-16-14-27(15-17-28)22-9-5-6-12-25-22)26-13-7-8-19-10-11-20(29-2)21(18-19)30-3;/h5-6,9-12,18H,4,7-8,13-17H2,1-3H3,(H,24,26);1H. The molecule has 1 saturated heterocycles. The van der Waals surface area contributed by atoms with Crippen molar-refractivity contribution in [3.63, 3.8) is 0 Å². The molecule has 0 spiro atoms. The van der Waals surface area contributed by atoms with Crippen LogP contribution in [0.4, 0.5) is 5.82 Å². The predicted octanol–water partition coefficient (Wildman–Crippen LogP) is 3.44. The molecule has 0 amide bonds. The molecule has 1 aliphatic rings. The highest BCUT2D eigenvalue weighted by molar-refractivity contribution is 14.0. The Balaban J connectivity index is 0.00000341. The molecule has 0 saturated carbocycles. The van der Waals surface area contributed by atoms with Crippen LogP contribution in [0.15, 0.2) is 47.6 Å². The molecule has 31 heavy (non-hydrogen) atoms. The molecule has 0 aliphatic carbocycles. The summed E-state index contributed by atoms with van der Waals surface area (Å²) in [5.41, 5.74) is 1.23. The average Bonchev–Trinajstić information content (AvgIpc) is 2.81. The van der Waals surface area contributed by atoms with Gasteiger partial charge in [0.05, 0.1) is 14.2 Å². The normalized spacial score (nSPS) is 14.1. The van der Waals surface area contributed by atoms with Gasteiger partial charge in [0.2, 0.25) is 0 Å². The smallest absolute Gasteiger partial charge is 0.194 e. The molecule has 170 valence electrons. The summed E-state index contributed by atoms with van der Waals surface area (Å²) in [5.74, 6) is 3.59. The highest BCUT2D eigenvalue weighted by Crippen LogP contribution is 2.27. The first kappa shape index (κ1) is 25.0. The summed E-state index contributed by atoms with van der Waals surface area (Å²) >= 11 is 0. The third-order valence-electron chi connectivity index (χ3n) is 5.22. The first-order valence-electron chi connectivity index (χ1n) is 10.6. The Labute approximate surface area is 202 Å². The molecule has 1 N–H and O–H groups in total. The van der Waals surface area contributed by atoms with Gasteiger partial charge in [-0.2, -0.15) is 0 Å². The summed E-state index contributed by atoms with van der Waals surface area (Å²) in [6.07, 6.45) is 3.79. The zero-order valence-corrected chi connectivity index (χ0v) is 21.0. The van der Waals surface area contributed by atoms with Gasteiger partial charge in [0, 0.05) is 45.5 Å². The van der Waals surface area contributed by atoms with Crippen molar-refractivity contribution in [2.75, 3.05) is 58.4 Å². The maximum Gasteiger partial charge on any atom is 0.194 e. The molecule has 0 atom stereocenters. The highest BCUT2D eigenvalue weighted by Gasteiger charge is 2.20. The van der Waals surface area contributed by atoms with Crippen LogP contribution in [0.25, 0.3) is 0 Å². The van der Waals surface area contributed by atoms with Crippen LogP contribution in [-0.2, 0) is 6.42 Å². The van der Waals surface area contributed by atoms with E-state index in [1.165, 1.54) is 5.56 Å². The van der Waals surface area contributed by atoms with Gasteiger partial charge < -0.3 is 24.6 Å². The maximum atomic E-state index is 5.40. The van der Waals surface area contributed by atoms with E-state index in [1.807, 2.05) is 30.5 Å². The molecule has 1 aromatic heterocycles. The second-order valence-electron chi connectivity index (χ2n) is 7.19. The molecule has 8 heteroatoms. The van der Waals surface area contributed by atoms with E-state index in [1.54, 1.807) is 14.2 Å². The average molecular weight is 539 g/mol. The number of pyridine rings is 1. The van der Waals surface area contributed by atoms with Gasteiger partial charge in [-0.05, 0) is 49.6 Å². The Bertz CT molecular complexity index is 811. The number of piperazine rings is 1.